The van der Waals surface area contributed by atoms with Gasteiger partial charge in [-0.1, -0.05) is 27.2 Å². The summed E-state index contributed by atoms with van der Waals surface area (Å²) < 4.78 is 5.80. The average Bonchev–Trinajstić information content (AvgIpc) is 2.47. The van der Waals surface area contributed by atoms with E-state index in [0.29, 0.717) is 6.42 Å². The van der Waals surface area contributed by atoms with Crippen molar-refractivity contribution in [3.8, 4) is 0 Å². The summed E-state index contributed by atoms with van der Waals surface area (Å²) in [5, 5.41) is 10.3. The topological polar surface area (TPSA) is 46.5 Å². The van der Waals surface area contributed by atoms with E-state index in [9.17, 15) is 9.90 Å². The minimum Gasteiger partial charge on any atom is -0.368 e. The molecule has 0 spiro atoms. The van der Waals surface area contributed by atoms with E-state index in [-0.39, 0.29) is 28.6 Å². The molecular weight excluding hydrogens is 228 g/mol. The monoisotopic (exact) mass is 254 g/mol. The maximum absolute atomic E-state index is 11.2. The van der Waals surface area contributed by atoms with Crippen molar-refractivity contribution in [3.63, 3.8) is 0 Å². The highest BCUT2D eigenvalue weighted by Gasteiger charge is 2.59. The summed E-state index contributed by atoms with van der Waals surface area (Å²) in [6.07, 6.45) is 4.10. The van der Waals surface area contributed by atoms with Gasteiger partial charge >= 0.3 is 0 Å². The van der Waals surface area contributed by atoms with E-state index in [1.54, 1.807) is 6.92 Å². The van der Waals surface area contributed by atoms with E-state index >= 15 is 0 Å². The van der Waals surface area contributed by atoms with Crippen LogP contribution in [0.25, 0.3) is 0 Å². The molecule has 1 aliphatic carbocycles. The lowest BCUT2D eigenvalue weighted by Gasteiger charge is -2.48. The van der Waals surface area contributed by atoms with E-state index in [1.165, 1.54) is 6.42 Å². The first-order valence-corrected chi connectivity index (χ1v) is 7.10. The number of carbonyl (C=O) groups excluding carboxylic acids is 1. The van der Waals surface area contributed by atoms with Crippen LogP contribution in [0.3, 0.4) is 0 Å². The number of carbonyl (C=O) groups is 1. The van der Waals surface area contributed by atoms with Gasteiger partial charge in [-0.15, -0.1) is 0 Å². The lowest BCUT2D eigenvalue weighted by atomic mass is 9.55. The van der Waals surface area contributed by atoms with Crippen LogP contribution in [0.1, 0.15) is 59.8 Å². The Bertz CT molecular complexity index is 337. The number of ketones is 1. The molecule has 18 heavy (non-hydrogen) atoms. The van der Waals surface area contributed by atoms with Gasteiger partial charge in [-0.25, -0.2) is 0 Å². The van der Waals surface area contributed by atoms with Crippen molar-refractivity contribution in [3.05, 3.63) is 0 Å². The fourth-order valence-corrected chi connectivity index (χ4v) is 4.34. The van der Waals surface area contributed by atoms with Crippen LogP contribution in [0.2, 0.25) is 0 Å². The lowest BCUT2D eigenvalue weighted by molar-refractivity contribution is -0.130. The Hall–Kier alpha value is -0.410. The lowest BCUT2D eigenvalue weighted by Crippen LogP contribution is -2.46. The molecule has 0 aromatic rings. The summed E-state index contributed by atoms with van der Waals surface area (Å²) in [5.41, 5.74) is 0.147. The second-order valence-electron chi connectivity index (χ2n) is 7.08. The first-order chi connectivity index (χ1) is 8.27. The molecule has 0 aromatic carbocycles. The molecule has 104 valence electrons. The van der Waals surface area contributed by atoms with Crippen molar-refractivity contribution in [2.75, 3.05) is 0 Å². The van der Waals surface area contributed by atoms with E-state index in [2.05, 4.69) is 20.8 Å². The fourth-order valence-electron chi connectivity index (χ4n) is 4.34. The number of fused-ring (bicyclic) bond motifs is 1. The third kappa shape index (κ3) is 2.23. The number of hydrogen-bond acceptors (Lipinski definition) is 3. The minimum atomic E-state index is -0.665. The molecule has 1 saturated heterocycles. The van der Waals surface area contributed by atoms with Gasteiger partial charge in [-0.2, -0.15) is 0 Å². The number of Topliss-reactive ketones (excluding diaryl/α,β-unsaturated/α-hetero) is 1. The van der Waals surface area contributed by atoms with Gasteiger partial charge < -0.3 is 14.6 Å². The van der Waals surface area contributed by atoms with Gasteiger partial charge in [-0.05, 0) is 31.6 Å². The van der Waals surface area contributed by atoms with Gasteiger partial charge in [-0.3, -0.25) is 0 Å². The predicted octanol–water partition coefficient (Wildman–Crippen LogP) is 2.91. The molecule has 4 unspecified atom stereocenters. The number of rotatable bonds is 3. The molecule has 3 heteroatoms. The summed E-state index contributed by atoms with van der Waals surface area (Å²) in [4.78, 5) is 11.2. The molecule has 0 radical (unpaired) electrons. The molecule has 0 bridgehead atoms. The average molecular weight is 254 g/mol. The highest BCUT2D eigenvalue weighted by Crippen LogP contribution is 2.59. The smallest absolute Gasteiger partial charge is 0.158 e. The first-order valence-electron chi connectivity index (χ1n) is 7.10. The molecule has 0 aromatic heterocycles. The maximum atomic E-state index is 11.2. The molecule has 2 aliphatic rings. The molecule has 3 nitrogen and oxygen atoms in total. The highest BCUT2D eigenvalue weighted by atomic mass is 16.6. The van der Waals surface area contributed by atoms with E-state index in [0.717, 1.165) is 19.3 Å². The third-order valence-electron chi connectivity index (χ3n) is 5.17. The SMILES string of the molecule is CC(=O)CCC1OC(O)C2C(C)(C)CCCC12C. The summed E-state index contributed by atoms with van der Waals surface area (Å²) in [7, 11) is 0. The quantitative estimate of drug-likeness (QED) is 0.842. The summed E-state index contributed by atoms with van der Waals surface area (Å²) in [6.45, 7) is 8.32. The molecule has 4 atom stereocenters. The molecular formula is C15H26O3. The Morgan fingerprint density at radius 3 is 2.61 bits per heavy atom. The summed E-state index contributed by atoms with van der Waals surface area (Å²) in [5.74, 6) is 0.394. The zero-order valence-electron chi connectivity index (χ0n) is 12.0. The molecule has 1 aliphatic heterocycles. The maximum Gasteiger partial charge on any atom is 0.158 e. The summed E-state index contributed by atoms with van der Waals surface area (Å²) >= 11 is 0. The van der Waals surface area contributed by atoms with E-state index in [4.69, 9.17) is 4.74 Å². The van der Waals surface area contributed by atoms with Crippen LogP contribution in [0, 0.1) is 16.7 Å². The van der Waals surface area contributed by atoms with Gasteiger partial charge in [0.05, 0.1) is 6.10 Å². The summed E-state index contributed by atoms with van der Waals surface area (Å²) in [6, 6.07) is 0. The van der Waals surface area contributed by atoms with Crippen LogP contribution in [0.5, 0.6) is 0 Å². The number of hydrogen-bond donors (Lipinski definition) is 1. The molecule has 2 fully saturated rings. The van der Waals surface area contributed by atoms with E-state index in [1.807, 2.05) is 0 Å². The molecule has 1 heterocycles. The zero-order valence-corrected chi connectivity index (χ0v) is 12.0. The van der Waals surface area contributed by atoms with Crippen molar-refractivity contribution in [1.29, 1.82) is 0 Å². The molecule has 0 amide bonds. The van der Waals surface area contributed by atoms with Crippen molar-refractivity contribution in [1.82, 2.24) is 0 Å². The Morgan fingerprint density at radius 1 is 1.33 bits per heavy atom. The van der Waals surface area contributed by atoms with Gasteiger partial charge in [0.15, 0.2) is 6.29 Å². The van der Waals surface area contributed by atoms with Gasteiger partial charge in [0.2, 0.25) is 0 Å². The van der Waals surface area contributed by atoms with Crippen molar-refractivity contribution in [2.24, 2.45) is 16.7 Å². The number of ether oxygens (including phenoxy) is 1. The van der Waals surface area contributed by atoms with Crippen LogP contribution in [0.4, 0.5) is 0 Å². The molecule has 1 saturated carbocycles. The van der Waals surface area contributed by atoms with Crippen molar-refractivity contribution < 1.29 is 14.6 Å². The van der Waals surface area contributed by atoms with Crippen molar-refractivity contribution in [2.45, 2.75) is 72.2 Å². The fraction of sp³-hybridized carbons (Fsp3) is 0.933. The highest BCUT2D eigenvalue weighted by molar-refractivity contribution is 5.75. The van der Waals surface area contributed by atoms with Crippen LogP contribution in [-0.4, -0.2) is 23.3 Å². The van der Waals surface area contributed by atoms with Gasteiger partial charge in [0.25, 0.3) is 0 Å². The third-order valence-corrected chi connectivity index (χ3v) is 5.17. The van der Waals surface area contributed by atoms with Crippen LogP contribution < -0.4 is 0 Å². The predicted molar refractivity (Wildman–Crippen MR) is 70.0 cm³/mol. The molecule has 1 N–H and O–H groups in total. The number of aliphatic hydroxyl groups is 1. The number of aliphatic hydroxyl groups excluding tert-OH is 1. The molecule has 2 rings (SSSR count). The first kappa shape index (κ1) is 14.0. The van der Waals surface area contributed by atoms with Crippen LogP contribution >= 0.6 is 0 Å². The second kappa shape index (κ2) is 4.61. The zero-order chi connectivity index (χ0) is 13.6. The normalized spacial score (nSPS) is 42.6. The Balaban J connectivity index is 2.18. The van der Waals surface area contributed by atoms with Crippen LogP contribution in [-0.2, 0) is 9.53 Å². The second-order valence-corrected chi connectivity index (χ2v) is 7.08. The largest absolute Gasteiger partial charge is 0.368 e. The van der Waals surface area contributed by atoms with Gasteiger partial charge in [0, 0.05) is 17.8 Å². The standard InChI is InChI=1S/C15H26O3/c1-10(16)6-7-11-15(4)9-5-8-14(2,3)12(15)13(17)18-11/h11-13,17H,5-9H2,1-4H3. The Kier molecular flexibility index (Phi) is 3.58. The van der Waals surface area contributed by atoms with Crippen molar-refractivity contribution >= 4 is 5.78 Å². The minimum absolute atomic E-state index is 0.0244. The van der Waals surface area contributed by atoms with Crippen LogP contribution in [0.15, 0.2) is 0 Å². The Labute approximate surface area is 110 Å². The van der Waals surface area contributed by atoms with Gasteiger partial charge in [0.1, 0.15) is 5.78 Å². The van der Waals surface area contributed by atoms with E-state index < -0.39 is 6.29 Å². The Morgan fingerprint density at radius 2 is 2.00 bits per heavy atom.